The van der Waals surface area contributed by atoms with Crippen LogP contribution in [0.1, 0.15) is 23.5 Å². The maximum atomic E-state index is 12.6. The fraction of sp³-hybridized carbons (Fsp3) is 0.222. The first kappa shape index (κ1) is 18.5. The molecule has 0 saturated heterocycles. The minimum Gasteiger partial charge on any atom is -0.484 e. The van der Waals surface area contributed by atoms with Crippen LogP contribution in [0.3, 0.4) is 0 Å². The fourth-order valence-corrected chi connectivity index (χ4v) is 3.31. The quantitative estimate of drug-likeness (QED) is 0.385. The molecule has 2 amide bonds. The highest BCUT2D eigenvalue weighted by Crippen LogP contribution is 2.35. The zero-order valence-corrected chi connectivity index (χ0v) is 15.0. The van der Waals surface area contributed by atoms with Gasteiger partial charge in [-0.15, -0.1) is 6.42 Å². The molecule has 8 nitrogen and oxygen atoms in total. The van der Waals surface area contributed by atoms with E-state index in [1.54, 1.807) is 24.3 Å². The number of aromatic nitrogens is 2. The zero-order valence-electron chi connectivity index (χ0n) is 14.2. The highest BCUT2D eigenvalue weighted by molar-refractivity contribution is 7.99. The first-order valence-corrected chi connectivity index (χ1v) is 8.98. The molecule has 4 N–H and O–H groups in total. The lowest BCUT2D eigenvalue weighted by Crippen LogP contribution is -2.31. The largest absolute Gasteiger partial charge is 0.484 e. The number of aromatic amines is 1. The van der Waals surface area contributed by atoms with Gasteiger partial charge in [-0.3, -0.25) is 14.4 Å². The summed E-state index contributed by atoms with van der Waals surface area (Å²) in [6.07, 6.45) is 5.35. The second-order valence-corrected chi connectivity index (χ2v) is 6.72. The number of nitrogens with zero attached hydrogens (tertiary/aromatic N) is 1. The molecular weight excluding hydrogens is 368 g/mol. The van der Waals surface area contributed by atoms with Crippen molar-refractivity contribution in [3.63, 3.8) is 0 Å². The van der Waals surface area contributed by atoms with Crippen molar-refractivity contribution in [2.45, 2.75) is 17.5 Å². The SMILES string of the molecule is C#CCSc1nc2c(c(=O)[nH]1)[C@H](c1ccc(OCC(N)=O)cc1)CC(=O)N2. The van der Waals surface area contributed by atoms with Crippen LogP contribution in [-0.4, -0.2) is 34.1 Å². The number of carbonyl (C=O) groups is 2. The summed E-state index contributed by atoms with van der Waals surface area (Å²) in [5.74, 6) is 2.27. The highest BCUT2D eigenvalue weighted by Gasteiger charge is 2.30. The Morgan fingerprint density at radius 2 is 2.11 bits per heavy atom. The number of hydrogen-bond donors (Lipinski definition) is 3. The van der Waals surface area contributed by atoms with E-state index in [-0.39, 0.29) is 30.3 Å². The summed E-state index contributed by atoms with van der Waals surface area (Å²) in [5, 5.41) is 3.00. The van der Waals surface area contributed by atoms with Crippen molar-refractivity contribution in [2.24, 2.45) is 5.73 Å². The Labute approximate surface area is 158 Å². The lowest BCUT2D eigenvalue weighted by atomic mass is 9.87. The third kappa shape index (κ3) is 4.30. The first-order valence-electron chi connectivity index (χ1n) is 7.99. The molecule has 0 aliphatic carbocycles. The molecule has 0 bridgehead atoms. The topological polar surface area (TPSA) is 127 Å². The summed E-state index contributed by atoms with van der Waals surface area (Å²) < 4.78 is 5.22. The molecule has 1 aliphatic heterocycles. The number of amides is 2. The number of nitrogens with one attached hydrogen (secondary N) is 2. The Bertz CT molecular complexity index is 978. The predicted molar refractivity (Wildman–Crippen MR) is 101 cm³/mol. The molecular formula is C18H16N4O4S. The van der Waals surface area contributed by atoms with Crippen LogP contribution in [0.4, 0.5) is 5.82 Å². The molecule has 3 rings (SSSR count). The monoisotopic (exact) mass is 384 g/mol. The number of thioether (sulfide) groups is 1. The van der Waals surface area contributed by atoms with Gasteiger partial charge in [0.15, 0.2) is 11.8 Å². The molecule has 1 aromatic heterocycles. The van der Waals surface area contributed by atoms with Gasteiger partial charge >= 0.3 is 0 Å². The van der Waals surface area contributed by atoms with Gasteiger partial charge in [0.25, 0.3) is 11.5 Å². The summed E-state index contributed by atoms with van der Waals surface area (Å²) in [5.41, 5.74) is 5.88. The smallest absolute Gasteiger partial charge is 0.257 e. The van der Waals surface area contributed by atoms with Crippen LogP contribution in [0, 0.1) is 12.3 Å². The number of carbonyl (C=O) groups excluding carboxylic acids is 2. The molecule has 2 aromatic rings. The normalized spacial score (nSPS) is 15.4. The Hall–Kier alpha value is -3.25. The number of ether oxygens (including phenoxy) is 1. The van der Waals surface area contributed by atoms with Crippen LogP contribution in [0.2, 0.25) is 0 Å². The third-order valence-corrected chi connectivity index (χ3v) is 4.66. The maximum Gasteiger partial charge on any atom is 0.257 e. The van der Waals surface area contributed by atoms with Crippen molar-refractivity contribution in [1.29, 1.82) is 0 Å². The molecule has 1 atom stereocenters. The molecule has 0 unspecified atom stereocenters. The number of terminal acetylenes is 1. The molecule has 138 valence electrons. The molecule has 27 heavy (non-hydrogen) atoms. The van der Waals surface area contributed by atoms with Gasteiger partial charge in [-0.25, -0.2) is 4.98 Å². The van der Waals surface area contributed by atoms with Crippen molar-refractivity contribution in [2.75, 3.05) is 17.7 Å². The van der Waals surface area contributed by atoms with Crippen molar-refractivity contribution >= 4 is 29.4 Å². The molecule has 1 aromatic carbocycles. The van der Waals surface area contributed by atoms with E-state index in [4.69, 9.17) is 16.9 Å². The Balaban J connectivity index is 1.92. The lowest BCUT2D eigenvalue weighted by Gasteiger charge is -2.24. The molecule has 0 fully saturated rings. The van der Waals surface area contributed by atoms with Crippen molar-refractivity contribution < 1.29 is 14.3 Å². The standard InChI is InChI=1S/C18H16N4O4S/c1-2-7-27-18-21-16-15(17(25)22-18)12(8-14(24)20-16)10-3-5-11(6-4-10)26-9-13(19)23/h1,3-6,12H,7-9H2,(H2,19,23)(H2,20,21,22,24,25)/t12-/m0/s1. The van der Waals surface area contributed by atoms with E-state index in [1.165, 1.54) is 11.8 Å². The van der Waals surface area contributed by atoms with E-state index in [9.17, 15) is 14.4 Å². The van der Waals surface area contributed by atoms with Gasteiger partial charge in [-0.05, 0) is 17.7 Å². The van der Waals surface area contributed by atoms with E-state index in [0.717, 1.165) is 5.56 Å². The van der Waals surface area contributed by atoms with Gasteiger partial charge in [0.05, 0.1) is 11.3 Å². The van der Waals surface area contributed by atoms with E-state index in [1.807, 2.05) is 0 Å². The molecule has 9 heteroatoms. The van der Waals surface area contributed by atoms with Crippen LogP contribution < -0.4 is 21.3 Å². The number of benzene rings is 1. The minimum absolute atomic E-state index is 0.121. The number of H-pyrrole nitrogens is 1. The number of fused-ring (bicyclic) bond motifs is 1. The Kier molecular flexibility index (Phi) is 5.47. The van der Waals surface area contributed by atoms with Gasteiger partial charge < -0.3 is 20.8 Å². The molecule has 0 spiro atoms. The van der Waals surface area contributed by atoms with Gasteiger partial charge in [0.2, 0.25) is 5.91 Å². The summed E-state index contributed by atoms with van der Waals surface area (Å²) in [6, 6.07) is 6.79. The number of primary amides is 1. The Morgan fingerprint density at radius 3 is 2.78 bits per heavy atom. The molecule has 0 saturated carbocycles. The zero-order chi connectivity index (χ0) is 19.4. The summed E-state index contributed by atoms with van der Waals surface area (Å²) in [4.78, 5) is 42.5. The van der Waals surface area contributed by atoms with Crippen LogP contribution in [0.15, 0.2) is 34.2 Å². The number of nitrogens with two attached hydrogens (primary N) is 1. The van der Waals surface area contributed by atoms with Crippen molar-refractivity contribution in [1.82, 2.24) is 9.97 Å². The second kappa shape index (κ2) is 7.97. The number of rotatable bonds is 6. The lowest BCUT2D eigenvalue weighted by molar-refractivity contribution is -0.120. The van der Waals surface area contributed by atoms with Crippen molar-refractivity contribution in [3.05, 3.63) is 45.7 Å². The van der Waals surface area contributed by atoms with Gasteiger partial charge in [0.1, 0.15) is 11.6 Å². The maximum absolute atomic E-state index is 12.6. The number of hydrogen-bond acceptors (Lipinski definition) is 6. The fourth-order valence-electron chi connectivity index (χ4n) is 2.76. The predicted octanol–water partition coefficient (Wildman–Crippen LogP) is 0.833. The average Bonchev–Trinajstić information content (AvgIpc) is 2.64. The molecule has 1 aliphatic rings. The van der Waals surface area contributed by atoms with Crippen LogP contribution in [0.5, 0.6) is 5.75 Å². The summed E-state index contributed by atoms with van der Waals surface area (Å²) in [6.45, 7) is -0.226. The van der Waals surface area contributed by atoms with Gasteiger partial charge in [0, 0.05) is 12.3 Å². The second-order valence-electron chi connectivity index (χ2n) is 5.76. The molecule has 0 radical (unpaired) electrons. The van der Waals surface area contributed by atoms with Gasteiger partial charge in [-0.1, -0.05) is 29.8 Å². The van der Waals surface area contributed by atoms with E-state index < -0.39 is 11.8 Å². The summed E-state index contributed by atoms with van der Waals surface area (Å²) in [7, 11) is 0. The Morgan fingerprint density at radius 1 is 1.37 bits per heavy atom. The third-order valence-electron chi connectivity index (χ3n) is 3.89. The van der Waals surface area contributed by atoms with Crippen LogP contribution >= 0.6 is 11.8 Å². The highest BCUT2D eigenvalue weighted by atomic mass is 32.2. The van der Waals surface area contributed by atoms with E-state index in [0.29, 0.717) is 22.2 Å². The minimum atomic E-state index is -0.576. The van der Waals surface area contributed by atoms with Crippen molar-refractivity contribution in [3.8, 4) is 18.1 Å². The van der Waals surface area contributed by atoms with E-state index in [2.05, 4.69) is 21.2 Å². The van der Waals surface area contributed by atoms with E-state index >= 15 is 0 Å². The molecule has 2 heterocycles. The average molecular weight is 384 g/mol. The van der Waals surface area contributed by atoms with Crippen LogP contribution in [0.25, 0.3) is 0 Å². The van der Waals surface area contributed by atoms with Crippen LogP contribution in [-0.2, 0) is 9.59 Å². The first-order chi connectivity index (χ1) is 13.0. The van der Waals surface area contributed by atoms with Gasteiger partial charge in [-0.2, -0.15) is 0 Å². The number of anilines is 1. The summed E-state index contributed by atoms with van der Waals surface area (Å²) >= 11 is 1.21.